The van der Waals surface area contributed by atoms with Gasteiger partial charge in [0.05, 0.1) is 22.4 Å². The SMILES string of the molecule is CC(C)c1nn2c(c1Br)CCNCC2. The lowest BCUT2D eigenvalue weighted by Crippen LogP contribution is -2.18. The van der Waals surface area contributed by atoms with Gasteiger partial charge in [-0.1, -0.05) is 13.8 Å². The van der Waals surface area contributed by atoms with Gasteiger partial charge in [0.25, 0.3) is 0 Å². The number of hydrogen-bond acceptors (Lipinski definition) is 2. The summed E-state index contributed by atoms with van der Waals surface area (Å²) in [6.07, 6.45) is 1.07. The molecule has 0 atom stereocenters. The molecule has 1 aliphatic rings. The first-order valence-corrected chi connectivity index (χ1v) is 5.95. The molecule has 1 aliphatic heterocycles. The van der Waals surface area contributed by atoms with Gasteiger partial charge in [0, 0.05) is 19.5 Å². The first-order chi connectivity index (χ1) is 6.70. The predicted octanol–water partition coefficient (Wildman–Crippen LogP) is 1.91. The van der Waals surface area contributed by atoms with Crippen LogP contribution in [0.25, 0.3) is 0 Å². The average Bonchev–Trinajstić information content (AvgIpc) is 2.37. The average molecular weight is 258 g/mol. The third kappa shape index (κ3) is 1.73. The summed E-state index contributed by atoms with van der Waals surface area (Å²) in [7, 11) is 0. The van der Waals surface area contributed by atoms with Gasteiger partial charge in [-0.2, -0.15) is 5.10 Å². The second-order valence-electron chi connectivity index (χ2n) is 4.02. The molecule has 1 aromatic rings. The lowest BCUT2D eigenvalue weighted by atomic mass is 10.1. The fraction of sp³-hybridized carbons (Fsp3) is 0.700. The van der Waals surface area contributed by atoms with Crippen LogP contribution in [0, 0.1) is 0 Å². The molecule has 0 saturated carbocycles. The van der Waals surface area contributed by atoms with E-state index in [0.29, 0.717) is 5.92 Å². The zero-order chi connectivity index (χ0) is 10.1. The molecule has 3 nitrogen and oxygen atoms in total. The first-order valence-electron chi connectivity index (χ1n) is 5.16. The van der Waals surface area contributed by atoms with Crippen molar-refractivity contribution >= 4 is 15.9 Å². The lowest BCUT2D eigenvalue weighted by Gasteiger charge is -2.01. The zero-order valence-corrected chi connectivity index (χ0v) is 10.3. The molecule has 14 heavy (non-hydrogen) atoms. The Labute approximate surface area is 93.0 Å². The van der Waals surface area contributed by atoms with Crippen molar-refractivity contribution in [3.8, 4) is 0 Å². The van der Waals surface area contributed by atoms with Gasteiger partial charge in [-0.25, -0.2) is 0 Å². The van der Waals surface area contributed by atoms with E-state index in [-0.39, 0.29) is 0 Å². The molecular weight excluding hydrogens is 242 g/mol. The highest BCUT2D eigenvalue weighted by molar-refractivity contribution is 9.10. The summed E-state index contributed by atoms with van der Waals surface area (Å²) in [6, 6.07) is 0. The summed E-state index contributed by atoms with van der Waals surface area (Å²) in [6.45, 7) is 7.44. The standard InChI is InChI=1S/C10H16BrN3/c1-7(2)10-9(11)8-3-4-12-5-6-14(8)13-10/h7,12H,3-6H2,1-2H3. The Balaban J connectivity index is 2.40. The predicted molar refractivity (Wildman–Crippen MR) is 60.6 cm³/mol. The monoisotopic (exact) mass is 257 g/mol. The van der Waals surface area contributed by atoms with Gasteiger partial charge in [0.2, 0.25) is 0 Å². The van der Waals surface area contributed by atoms with Gasteiger partial charge in [-0.15, -0.1) is 0 Å². The highest BCUT2D eigenvalue weighted by Crippen LogP contribution is 2.28. The molecule has 4 heteroatoms. The van der Waals surface area contributed by atoms with Crippen molar-refractivity contribution in [2.75, 3.05) is 13.1 Å². The van der Waals surface area contributed by atoms with Gasteiger partial charge < -0.3 is 5.32 Å². The van der Waals surface area contributed by atoms with E-state index >= 15 is 0 Å². The molecule has 0 aliphatic carbocycles. The van der Waals surface area contributed by atoms with E-state index in [1.807, 2.05) is 0 Å². The maximum Gasteiger partial charge on any atom is 0.0794 e. The molecule has 2 heterocycles. The van der Waals surface area contributed by atoms with Crippen LogP contribution in [0.2, 0.25) is 0 Å². The summed E-state index contributed by atoms with van der Waals surface area (Å²) >= 11 is 3.66. The van der Waals surface area contributed by atoms with E-state index in [4.69, 9.17) is 0 Å². The summed E-state index contributed by atoms with van der Waals surface area (Å²) < 4.78 is 3.36. The number of nitrogens with zero attached hydrogens (tertiary/aromatic N) is 2. The van der Waals surface area contributed by atoms with Crippen molar-refractivity contribution in [2.45, 2.75) is 32.7 Å². The molecule has 0 saturated heterocycles. The van der Waals surface area contributed by atoms with Crippen LogP contribution in [0.3, 0.4) is 0 Å². The third-order valence-electron chi connectivity index (χ3n) is 2.60. The molecule has 0 unspecified atom stereocenters. The second-order valence-corrected chi connectivity index (χ2v) is 4.82. The van der Waals surface area contributed by atoms with Gasteiger partial charge >= 0.3 is 0 Å². The highest BCUT2D eigenvalue weighted by atomic mass is 79.9. The smallest absolute Gasteiger partial charge is 0.0794 e. The van der Waals surface area contributed by atoms with E-state index in [2.05, 4.69) is 44.9 Å². The minimum atomic E-state index is 0.497. The molecular formula is C10H16BrN3. The van der Waals surface area contributed by atoms with Crippen molar-refractivity contribution in [1.29, 1.82) is 0 Å². The minimum Gasteiger partial charge on any atom is -0.315 e. The number of nitrogens with one attached hydrogen (secondary N) is 1. The van der Waals surface area contributed by atoms with Crippen LogP contribution in [0.15, 0.2) is 4.47 Å². The van der Waals surface area contributed by atoms with Crippen LogP contribution in [0.5, 0.6) is 0 Å². The molecule has 0 aromatic carbocycles. The lowest BCUT2D eigenvalue weighted by molar-refractivity contribution is 0.577. The van der Waals surface area contributed by atoms with Crippen LogP contribution in [0.4, 0.5) is 0 Å². The molecule has 0 spiro atoms. The Bertz CT molecular complexity index is 330. The molecule has 2 rings (SSSR count). The van der Waals surface area contributed by atoms with Crippen LogP contribution >= 0.6 is 15.9 Å². The van der Waals surface area contributed by atoms with E-state index in [0.717, 1.165) is 26.1 Å². The van der Waals surface area contributed by atoms with Gasteiger partial charge in [0.1, 0.15) is 0 Å². The fourth-order valence-corrected chi connectivity index (χ4v) is 2.74. The molecule has 1 aromatic heterocycles. The molecule has 1 N–H and O–H groups in total. The van der Waals surface area contributed by atoms with Crippen molar-refractivity contribution in [1.82, 2.24) is 15.1 Å². The normalized spacial score (nSPS) is 16.9. The quantitative estimate of drug-likeness (QED) is 0.834. The van der Waals surface area contributed by atoms with E-state index in [1.165, 1.54) is 15.9 Å². The molecule has 0 amide bonds. The largest absolute Gasteiger partial charge is 0.315 e. The zero-order valence-electron chi connectivity index (χ0n) is 8.68. The Morgan fingerprint density at radius 2 is 2.21 bits per heavy atom. The van der Waals surface area contributed by atoms with E-state index < -0.39 is 0 Å². The Hall–Kier alpha value is -0.350. The summed E-state index contributed by atoms with van der Waals surface area (Å²) in [5, 5.41) is 8.01. The molecule has 78 valence electrons. The Kier molecular flexibility index (Phi) is 2.93. The summed E-state index contributed by atoms with van der Waals surface area (Å²) in [5.74, 6) is 0.497. The van der Waals surface area contributed by atoms with Gasteiger partial charge in [-0.3, -0.25) is 4.68 Å². The number of hydrogen-bond donors (Lipinski definition) is 1. The molecule has 0 radical (unpaired) electrons. The van der Waals surface area contributed by atoms with Crippen molar-refractivity contribution in [3.63, 3.8) is 0 Å². The van der Waals surface area contributed by atoms with Gasteiger partial charge in [-0.05, 0) is 21.8 Å². The maximum atomic E-state index is 4.64. The first kappa shape index (κ1) is 10.2. The van der Waals surface area contributed by atoms with Crippen LogP contribution in [-0.2, 0) is 13.0 Å². The van der Waals surface area contributed by atoms with Crippen LogP contribution < -0.4 is 5.32 Å². The Morgan fingerprint density at radius 1 is 1.43 bits per heavy atom. The van der Waals surface area contributed by atoms with E-state index in [1.54, 1.807) is 0 Å². The van der Waals surface area contributed by atoms with Crippen molar-refractivity contribution in [3.05, 3.63) is 15.9 Å². The summed E-state index contributed by atoms with van der Waals surface area (Å²) in [5.41, 5.74) is 2.54. The molecule has 0 fully saturated rings. The number of aromatic nitrogens is 2. The fourth-order valence-electron chi connectivity index (χ4n) is 1.80. The minimum absolute atomic E-state index is 0.497. The molecule has 0 bridgehead atoms. The number of rotatable bonds is 1. The second kappa shape index (κ2) is 4.03. The topological polar surface area (TPSA) is 29.9 Å². The van der Waals surface area contributed by atoms with Crippen LogP contribution in [-0.4, -0.2) is 22.9 Å². The highest BCUT2D eigenvalue weighted by Gasteiger charge is 2.18. The van der Waals surface area contributed by atoms with Gasteiger partial charge in [0.15, 0.2) is 0 Å². The van der Waals surface area contributed by atoms with E-state index in [9.17, 15) is 0 Å². The third-order valence-corrected chi connectivity index (χ3v) is 3.47. The Morgan fingerprint density at radius 3 is 2.93 bits per heavy atom. The number of fused-ring (bicyclic) bond motifs is 1. The summed E-state index contributed by atoms with van der Waals surface area (Å²) in [4.78, 5) is 0. The maximum absolute atomic E-state index is 4.64. The number of halogens is 1. The van der Waals surface area contributed by atoms with Crippen molar-refractivity contribution < 1.29 is 0 Å². The van der Waals surface area contributed by atoms with Crippen molar-refractivity contribution in [2.24, 2.45) is 0 Å². The van der Waals surface area contributed by atoms with Crippen LogP contribution in [0.1, 0.15) is 31.2 Å².